The molecule has 0 aliphatic carbocycles. The fourth-order valence-electron chi connectivity index (χ4n) is 3.87. The largest absolute Gasteiger partial charge is 0.381 e. The number of piperidine rings is 1. The van der Waals surface area contributed by atoms with Crippen molar-refractivity contribution in [1.29, 1.82) is 0 Å². The molecule has 122 valence electrons. The molecule has 0 aromatic rings. The van der Waals surface area contributed by atoms with Crippen LogP contribution in [0.3, 0.4) is 0 Å². The van der Waals surface area contributed by atoms with Crippen LogP contribution < -0.4 is 0 Å². The highest BCUT2D eigenvalue weighted by atomic mass is 32.2. The van der Waals surface area contributed by atoms with Gasteiger partial charge in [-0.25, -0.2) is 12.7 Å². The summed E-state index contributed by atoms with van der Waals surface area (Å²) >= 11 is 0. The summed E-state index contributed by atoms with van der Waals surface area (Å²) in [5.74, 6) is 0.526. The molecular formula is C15H28N2O3S. The highest BCUT2D eigenvalue weighted by Crippen LogP contribution is 2.27. The zero-order valence-electron chi connectivity index (χ0n) is 12.9. The van der Waals surface area contributed by atoms with Gasteiger partial charge in [-0.1, -0.05) is 6.42 Å². The summed E-state index contributed by atoms with van der Waals surface area (Å²) in [5.41, 5.74) is 0. The van der Waals surface area contributed by atoms with Gasteiger partial charge in [0.1, 0.15) is 0 Å². The van der Waals surface area contributed by atoms with Gasteiger partial charge in [-0.05, 0) is 51.1 Å². The van der Waals surface area contributed by atoms with Crippen LogP contribution in [0.25, 0.3) is 0 Å². The van der Waals surface area contributed by atoms with Crippen LogP contribution in [0.4, 0.5) is 0 Å². The maximum atomic E-state index is 12.7. The number of likely N-dealkylation sites (tertiary alicyclic amines) is 1. The van der Waals surface area contributed by atoms with E-state index in [1.54, 1.807) is 4.31 Å². The highest BCUT2D eigenvalue weighted by molar-refractivity contribution is 7.89. The number of rotatable bonds is 4. The molecule has 3 saturated heterocycles. The van der Waals surface area contributed by atoms with E-state index in [9.17, 15) is 8.42 Å². The summed E-state index contributed by atoms with van der Waals surface area (Å²) in [5, 5.41) is -0.208. The average molecular weight is 316 g/mol. The van der Waals surface area contributed by atoms with Crippen molar-refractivity contribution in [2.45, 2.75) is 43.8 Å². The van der Waals surface area contributed by atoms with Gasteiger partial charge < -0.3 is 9.64 Å². The fourth-order valence-corrected chi connectivity index (χ4v) is 5.86. The van der Waals surface area contributed by atoms with Crippen molar-refractivity contribution in [3.05, 3.63) is 0 Å². The van der Waals surface area contributed by atoms with Crippen molar-refractivity contribution in [3.8, 4) is 0 Å². The lowest BCUT2D eigenvalue weighted by Crippen LogP contribution is -2.41. The van der Waals surface area contributed by atoms with Crippen LogP contribution in [0.2, 0.25) is 0 Å². The lowest BCUT2D eigenvalue weighted by molar-refractivity contribution is 0.0973. The first-order chi connectivity index (χ1) is 10.2. The molecule has 0 aromatic carbocycles. The quantitative estimate of drug-likeness (QED) is 0.784. The van der Waals surface area contributed by atoms with Crippen LogP contribution in [-0.2, 0) is 14.8 Å². The minimum absolute atomic E-state index is 0.208. The minimum Gasteiger partial charge on any atom is -0.381 e. The van der Waals surface area contributed by atoms with Gasteiger partial charge in [-0.15, -0.1) is 0 Å². The summed E-state index contributed by atoms with van der Waals surface area (Å²) in [6.07, 6.45) is 6.31. The summed E-state index contributed by atoms with van der Waals surface area (Å²) in [4.78, 5) is 2.53. The first-order valence-corrected chi connectivity index (χ1v) is 9.95. The number of hydrogen-bond donors (Lipinski definition) is 0. The summed E-state index contributed by atoms with van der Waals surface area (Å²) in [6.45, 7) is 6.12. The Morgan fingerprint density at radius 2 is 1.67 bits per heavy atom. The molecule has 21 heavy (non-hydrogen) atoms. The number of nitrogens with zero attached hydrogens (tertiary/aromatic N) is 2. The molecule has 5 nitrogen and oxygen atoms in total. The van der Waals surface area contributed by atoms with E-state index in [1.165, 1.54) is 32.4 Å². The maximum Gasteiger partial charge on any atom is 0.217 e. The molecule has 0 saturated carbocycles. The van der Waals surface area contributed by atoms with Crippen molar-refractivity contribution in [1.82, 2.24) is 9.21 Å². The zero-order chi connectivity index (χ0) is 14.7. The Hall–Kier alpha value is -0.170. The Kier molecular flexibility index (Phi) is 5.19. The highest BCUT2D eigenvalue weighted by Gasteiger charge is 2.37. The molecule has 1 atom stereocenters. The predicted octanol–water partition coefficient (Wildman–Crippen LogP) is 1.30. The smallest absolute Gasteiger partial charge is 0.217 e. The van der Waals surface area contributed by atoms with Gasteiger partial charge in [0.15, 0.2) is 0 Å². The third kappa shape index (κ3) is 3.78. The Labute approximate surface area is 128 Å². The van der Waals surface area contributed by atoms with Gasteiger partial charge in [0.2, 0.25) is 10.0 Å². The van der Waals surface area contributed by atoms with Crippen molar-refractivity contribution in [2.75, 3.05) is 45.9 Å². The Morgan fingerprint density at radius 3 is 2.38 bits per heavy atom. The van der Waals surface area contributed by atoms with E-state index in [0.29, 0.717) is 32.0 Å². The average Bonchev–Trinajstić information content (AvgIpc) is 2.98. The van der Waals surface area contributed by atoms with Gasteiger partial charge in [-0.3, -0.25) is 0 Å². The molecule has 0 unspecified atom stereocenters. The standard InChI is InChI=1S/C15H28N2O3S/c18-21(19,15-5-10-20-11-6-15)17-9-4-14(13-17)12-16-7-2-1-3-8-16/h14-15H,1-13H2/t14-/m1/s1. The van der Waals surface area contributed by atoms with Crippen molar-refractivity contribution >= 4 is 10.0 Å². The lowest BCUT2D eigenvalue weighted by atomic mass is 10.1. The summed E-state index contributed by atoms with van der Waals surface area (Å²) in [6, 6.07) is 0. The first-order valence-electron chi connectivity index (χ1n) is 8.45. The SMILES string of the molecule is O=S(=O)(C1CCOCC1)N1CC[C@H](CN2CCCCC2)C1. The Balaban J connectivity index is 1.53. The molecule has 3 fully saturated rings. The van der Waals surface area contributed by atoms with E-state index < -0.39 is 10.0 Å². The minimum atomic E-state index is -3.10. The number of ether oxygens (including phenoxy) is 1. The first kappa shape index (κ1) is 15.7. The predicted molar refractivity (Wildman–Crippen MR) is 82.7 cm³/mol. The fraction of sp³-hybridized carbons (Fsp3) is 1.00. The molecule has 3 aliphatic rings. The third-order valence-corrected chi connectivity index (χ3v) is 7.53. The van der Waals surface area contributed by atoms with Gasteiger partial charge in [0, 0.05) is 32.8 Å². The molecule has 0 bridgehead atoms. The molecule has 0 N–H and O–H groups in total. The third-order valence-electron chi connectivity index (χ3n) is 5.16. The maximum absolute atomic E-state index is 12.7. The van der Waals surface area contributed by atoms with Crippen LogP contribution in [0.1, 0.15) is 38.5 Å². The normalized spacial score (nSPS) is 30.8. The molecule has 0 aromatic heterocycles. The van der Waals surface area contributed by atoms with Gasteiger partial charge in [0.05, 0.1) is 5.25 Å². The molecule has 0 radical (unpaired) electrons. The van der Waals surface area contributed by atoms with E-state index in [2.05, 4.69) is 4.90 Å². The van der Waals surface area contributed by atoms with E-state index >= 15 is 0 Å². The van der Waals surface area contributed by atoms with E-state index in [4.69, 9.17) is 4.74 Å². The summed E-state index contributed by atoms with van der Waals surface area (Å²) < 4.78 is 32.4. The van der Waals surface area contributed by atoms with Gasteiger partial charge in [0.25, 0.3) is 0 Å². The van der Waals surface area contributed by atoms with Crippen molar-refractivity contribution in [2.24, 2.45) is 5.92 Å². The van der Waals surface area contributed by atoms with Gasteiger partial charge >= 0.3 is 0 Å². The molecule has 3 heterocycles. The van der Waals surface area contributed by atoms with Crippen LogP contribution in [-0.4, -0.2) is 68.8 Å². The molecule has 3 rings (SSSR count). The second-order valence-corrected chi connectivity index (χ2v) is 8.94. The van der Waals surface area contributed by atoms with Crippen molar-refractivity contribution < 1.29 is 13.2 Å². The van der Waals surface area contributed by atoms with Gasteiger partial charge in [-0.2, -0.15) is 0 Å². The molecule has 0 spiro atoms. The number of sulfonamides is 1. The Bertz CT molecular complexity index is 428. The summed E-state index contributed by atoms with van der Waals surface area (Å²) in [7, 11) is -3.10. The lowest BCUT2D eigenvalue weighted by Gasteiger charge is -2.29. The molecule has 0 amide bonds. The monoisotopic (exact) mass is 316 g/mol. The van der Waals surface area contributed by atoms with Crippen molar-refractivity contribution in [3.63, 3.8) is 0 Å². The topological polar surface area (TPSA) is 49.9 Å². The molecule has 3 aliphatic heterocycles. The van der Waals surface area contributed by atoms with Crippen LogP contribution in [0.5, 0.6) is 0 Å². The molecule has 6 heteroatoms. The second kappa shape index (κ2) is 6.94. The van der Waals surface area contributed by atoms with E-state index in [0.717, 1.165) is 26.1 Å². The zero-order valence-corrected chi connectivity index (χ0v) is 13.7. The molecular weight excluding hydrogens is 288 g/mol. The van der Waals surface area contributed by atoms with E-state index in [1.807, 2.05) is 0 Å². The second-order valence-electron chi connectivity index (χ2n) is 6.73. The van der Waals surface area contributed by atoms with Crippen LogP contribution in [0.15, 0.2) is 0 Å². The Morgan fingerprint density at radius 1 is 0.952 bits per heavy atom. The van der Waals surface area contributed by atoms with Crippen LogP contribution in [0, 0.1) is 5.92 Å². The van der Waals surface area contributed by atoms with Crippen LogP contribution >= 0.6 is 0 Å². The van der Waals surface area contributed by atoms with E-state index in [-0.39, 0.29) is 5.25 Å². The number of hydrogen-bond acceptors (Lipinski definition) is 4.